The van der Waals surface area contributed by atoms with Gasteiger partial charge in [-0.05, 0) is 69.7 Å². The lowest BCUT2D eigenvalue weighted by Gasteiger charge is -2.38. The zero-order valence-corrected chi connectivity index (χ0v) is 17.2. The van der Waals surface area contributed by atoms with Crippen molar-refractivity contribution in [2.45, 2.75) is 96.7 Å². The van der Waals surface area contributed by atoms with Crippen molar-refractivity contribution in [1.82, 2.24) is 9.80 Å². The number of rotatable bonds is 4. The topological polar surface area (TPSA) is 23.6 Å². The Bertz CT molecular complexity index is 479. The Morgan fingerprint density at radius 3 is 2.31 bits per heavy atom. The number of Topliss-reactive ketones (excluding diaryl/α,β-unsaturated/α-hetero) is 1. The van der Waals surface area contributed by atoms with Gasteiger partial charge in [-0.1, -0.05) is 39.0 Å². The molecule has 2 saturated carbocycles. The molecule has 4 aliphatic rings. The maximum Gasteiger partial charge on any atom is 0.149 e. The van der Waals surface area contributed by atoms with Gasteiger partial charge in [0.05, 0.1) is 12.7 Å². The number of fused-ring (bicyclic) bond motifs is 1. The zero-order chi connectivity index (χ0) is 18.1. The Balaban J connectivity index is 1.28. The average molecular weight is 361 g/mol. The van der Waals surface area contributed by atoms with Gasteiger partial charge < -0.3 is 0 Å². The Morgan fingerprint density at radius 2 is 1.58 bits per heavy atom. The van der Waals surface area contributed by atoms with Crippen LogP contribution in [0.2, 0.25) is 0 Å². The zero-order valence-electron chi connectivity index (χ0n) is 17.2. The third-order valence-electron chi connectivity index (χ3n) is 8.27. The first-order valence-corrected chi connectivity index (χ1v) is 11.6. The molecule has 2 aliphatic carbocycles. The molecule has 0 radical (unpaired) electrons. The van der Waals surface area contributed by atoms with Crippen LogP contribution in [-0.2, 0) is 4.79 Å². The van der Waals surface area contributed by atoms with Crippen molar-refractivity contribution in [3.8, 4) is 0 Å². The Morgan fingerprint density at radius 1 is 0.885 bits per heavy atom. The van der Waals surface area contributed by atoms with Gasteiger partial charge in [0.1, 0.15) is 5.78 Å². The summed E-state index contributed by atoms with van der Waals surface area (Å²) in [6.45, 7) is 7.82. The molecule has 0 amide bonds. The molecular formula is C23H40N2O. The van der Waals surface area contributed by atoms with Crippen LogP contribution in [0, 0.1) is 23.7 Å². The molecule has 3 heteroatoms. The van der Waals surface area contributed by atoms with E-state index in [9.17, 15) is 4.79 Å². The van der Waals surface area contributed by atoms with Crippen LogP contribution in [0.3, 0.4) is 0 Å². The fraction of sp³-hybridized carbons (Fsp3) is 0.957. The van der Waals surface area contributed by atoms with E-state index in [1.165, 1.54) is 83.7 Å². The van der Waals surface area contributed by atoms with Gasteiger partial charge in [-0.3, -0.25) is 14.6 Å². The lowest BCUT2D eigenvalue weighted by atomic mass is 9.70. The summed E-state index contributed by atoms with van der Waals surface area (Å²) in [6, 6.07) is 0.549. The molecule has 2 aliphatic heterocycles. The molecule has 0 aromatic rings. The third kappa shape index (κ3) is 4.04. The predicted molar refractivity (Wildman–Crippen MR) is 107 cm³/mol. The second-order valence-electron chi connectivity index (χ2n) is 10.1. The monoisotopic (exact) mass is 360 g/mol. The molecule has 2 saturated heterocycles. The van der Waals surface area contributed by atoms with Crippen LogP contribution in [-0.4, -0.2) is 47.4 Å². The minimum Gasteiger partial charge on any atom is -0.298 e. The maximum absolute atomic E-state index is 13.1. The molecule has 0 N–H and O–H groups in total. The molecule has 4 fully saturated rings. The predicted octanol–water partition coefficient (Wildman–Crippen LogP) is 4.70. The molecule has 4 rings (SSSR count). The number of nitrogens with zero attached hydrogens (tertiary/aromatic N) is 2. The first-order valence-electron chi connectivity index (χ1n) is 11.6. The van der Waals surface area contributed by atoms with Gasteiger partial charge in [-0.15, -0.1) is 0 Å². The van der Waals surface area contributed by atoms with Crippen molar-refractivity contribution in [2.24, 2.45) is 23.7 Å². The third-order valence-corrected chi connectivity index (χ3v) is 8.27. The standard InChI is InChI=1S/C23H40N2O/c1-17-12-13-24-15-18(2)25(23(24)14-17)16-22(26)21-10-8-20(9-11-21)19-6-4-3-5-7-19/h17-21,23H,3-16H2,1-2H3. The van der Waals surface area contributed by atoms with Gasteiger partial charge >= 0.3 is 0 Å². The van der Waals surface area contributed by atoms with Crippen molar-refractivity contribution in [3.63, 3.8) is 0 Å². The van der Waals surface area contributed by atoms with Gasteiger partial charge in [0.2, 0.25) is 0 Å². The van der Waals surface area contributed by atoms with Crippen molar-refractivity contribution in [3.05, 3.63) is 0 Å². The van der Waals surface area contributed by atoms with E-state index >= 15 is 0 Å². The van der Waals surface area contributed by atoms with Gasteiger partial charge in [0.15, 0.2) is 0 Å². The molecule has 148 valence electrons. The molecule has 26 heavy (non-hydrogen) atoms. The van der Waals surface area contributed by atoms with Crippen LogP contribution in [0.15, 0.2) is 0 Å². The quantitative estimate of drug-likeness (QED) is 0.726. The van der Waals surface area contributed by atoms with E-state index < -0.39 is 0 Å². The van der Waals surface area contributed by atoms with Crippen molar-refractivity contribution >= 4 is 5.78 Å². The fourth-order valence-electron chi connectivity index (χ4n) is 6.55. The first kappa shape index (κ1) is 18.9. The van der Waals surface area contributed by atoms with E-state index in [2.05, 4.69) is 23.6 Å². The highest BCUT2D eigenvalue weighted by molar-refractivity contribution is 5.83. The minimum atomic E-state index is 0.358. The van der Waals surface area contributed by atoms with Crippen LogP contribution < -0.4 is 0 Å². The number of hydrogen-bond acceptors (Lipinski definition) is 3. The molecule has 0 bridgehead atoms. The summed E-state index contributed by atoms with van der Waals surface area (Å²) in [4.78, 5) is 18.3. The number of hydrogen-bond donors (Lipinski definition) is 0. The van der Waals surface area contributed by atoms with Gasteiger partial charge in [0, 0.05) is 18.5 Å². The molecule has 0 spiro atoms. The summed E-state index contributed by atoms with van der Waals surface area (Å²) in [5, 5.41) is 0. The molecular weight excluding hydrogens is 320 g/mol. The second kappa shape index (κ2) is 8.31. The second-order valence-corrected chi connectivity index (χ2v) is 10.1. The molecule has 3 unspecified atom stereocenters. The van der Waals surface area contributed by atoms with Gasteiger partial charge in [-0.2, -0.15) is 0 Å². The highest BCUT2D eigenvalue weighted by atomic mass is 16.1. The summed E-state index contributed by atoms with van der Waals surface area (Å²) < 4.78 is 0. The minimum absolute atomic E-state index is 0.358. The SMILES string of the molecule is CC1CCN2CC(C)N(CC(=O)C3CCC(C4CCCCC4)CC3)C2C1. The van der Waals surface area contributed by atoms with E-state index in [-0.39, 0.29) is 0 Å². The average Bonchev–Trinajstić information content (AvgIpc) is 2.97. The Labute approximate surface area is 160 Å². The van der Waals surface area contributed by atoms with Crippen LogP contribution in [0.1, 0.15) is 84.5 Å². The molecule has 3 nitrogen and oxygen atoms in total. The lowest BCUT2D eigenvalue weighted by Crippen LogP contribution is -2.47. The molecule has 0 aromatic heterocycles. The van der Waals surface area contributed by atoms with E-state index in [1.807, 2.05) is 0 Å². The van der Waals surface area contributed by atoms with Crippen LogP contribution in [0.25, 0.3) is 0 Å². The largest absolute Gasteiger partial charge is 0.298 e. The van der Waals surface area contributed by atoms with E-state index in [0.29, 0.717) is 30.5 Å². The number of carbonyl (C=O) groups is 1. The van der Waals surface area contributed by atoms with Crippen LogP contribution in [0.4, 0.5) is 0 Å². The smallest absolute Gasteiger partial charge is 0.149 e. The van der Waals surface area contributed by atoms with Crippen LogP contribution in [0.5, 0.6) is 0 Å². The highest BCUT2D eigenvalue weighted by Gasteiger charge is 2.41. The summed E-state index contributed by atoms with van der Waals surface area (Å²) in [5.74, 6) is 3.64. The van der Waals surface area contributed by atoms with E-state index in [4.69, 9.17) is 0 Å². The van der Waals surface area contributed by atoms with Crippen molar-refractivity contribution in [1.29, 1.82) is 0 Å². The van der Waals surface area contributed by atoms with Crippen molar-refractivity contribution < 1.29 is 4.79 Å². The van der Waals surface area contributed by atoms with E-state index in [1.54, 1.807) is 0 Å². The number of piperidine rings is 1. The fourth-order valence-corrected chi connectivity index (χ4v) is 6.55. The number of ketones is 1. The molecule has 2 heterocycles. The van der Waals surface area contributed by atoms with Gasteiger partial charge in [0.25, 0.3) is 0 Å². The van der Waals surface area contributed by atoms with Gasteiger partial charge in [-0.25, -0.2) is 0 Å². The van der Waals surface area contributed by atoms with E-state index in [0.717, 1.165) is 17.8 Å². The summed E-state index contributed by atoms with van der Waals surface area (Å²) in [5.41, 5.74) is 0. The maximum atomic E-state index is 13.1. The summed E-state index contributed by atoms with van der Waals surface area (Å²) in [7, 11) is 0. The lowest BCUT2D eigenvalue weighted by molar-refractivity contribution is -0.126. The normalized spacial score (nSPS) is 40.5. The summed E-state index contributed by atoms with van der Waals surface area (Å²) in [6.07, 6.45) is 15.4. The molecule has 3 atom stereocenters. The first-order chi connectivity index (χ1) is 12.6. The Kier molecular flexibility index (Phi) is 6.05. The number of carbonyl (C=O) groups excluding carboxylic acids is 1. The Hall–Kier alpha value is -0.410. The highest BCUT2D eigenvalue weighted by Crippen LogP contribution is 2.40. The molecule has 0 aromatic carbocycles. The van der Waals surface area contributed by atoms with Crippen LogP contribution >= 0.6 is 0 Å². The van der Waals surface area contributed by atoms with Crippen molar-refractivity contribution in [2.75, 3.05) is 19.6 Å². The summed E-state index contributed by atoms with van der Waals surface area (Å²) >= 11 is 0.